The Hall–Kier alpha value is -1.91. The van der Waals surface area contributed by atoms with E-state index in [1.807, 2.05) is 29.1 Å². The molecule has 1 unspecified atom stereocenters. The molecule has 0 saturated carbocycles. The normalized spacial score (nSPS) is 18.6. The van der Waals surface area contributed by atoms with Crippen LogP contribution < -0.4 is 4.48 Å². The molecule has 6 nitrogen and oxygen atoms in total. The zero-order valence-corrected chi connectivity index (χ0v) is 15.0. The Labute approximate surface area is 146 Å². The van der Waals surface area contributed by atoms with Crippen molar-refractivity contribution in [3.8, 4) is 5.75 Å². The van der Waals surface area contributed by atoms with Crippen LogP contribution in [0.25, 0.3) is 11.2 Å². The predicted octanol–water partition coefficient (Wildman–Crippen LogP) is 1.76. The number of rotatable bonds is 4. The van der Waals surface area contributed by atoms with Gasteiger partial charge >= 0.3 is 146 Å². The van der Waals surface area contributed by atoms with Crippen molar-refractivity contribution < 1.29 is 9.84 Å². The van der Waals surface area contributed by atoms with Crippen molar-refractivity contribution in [3.05, 3.63) is 42.5 Å². The molecule has 4 rings (SSSR count). The monoisotopic (exact) mass is 385 g/mol. The number of nitrogens with zero attached hydrogens (tertiary/aromatic N) is 4. The quantitative estimate of drug-likeness (QED) is 0.693. The van der Waals surface area contributed by atoms with E-state index in [1.165, 1.54) is 6.42 Å². The van der Waals surface area contributed by atoms with Crippen molar-refractivity contribution in [2.75, 3.05) is 6.61 Å². The Morgan fingerprint density at radius 1 is 1.25 bits per heavy atom. The third-order valence-electron chi connectivity index (χ3n) is 4.13. The van der Waals surface area contributed by atoms with Gasteiger partial charge in [-0.15, -0.1) is 0 Å². The molecule has 1 radical (unpaired) electrons. The summed E-state index contributed by atoms with van der Waals surface area (Å²) in [5.74, 6) is 0.306. The molecule has 1 atom stereocenters. The van der Waals surface area contributed by atoms with Crippen molar-refractivity contribution in [1.29, 1.82) is 0 Å². The van der Waals surface area contributed by atoms with Crippen molar-refractivity contribution in [2.24, 2.45) is 0 Å². The topological polar surface area (TPSA) is 73.1 Å². The summed E-state index contributed by atoms with van der Waals surface area (Å²) in [4.78, 5) is 13.4. The fraction of sp³-hybridized carbons (Fsp3) is 0.353. The molecule has 7 heteroatoms. The predicted molar refractivity (Wildman–Crippen MR) is 91.4 cm³/mol. The molecular formula is C17H18AsN4O2. The van der Waals surface area contributed by atoms with Crippen LogP contribution in [-0.2, 0) is 9.95 Å². The first kappa shape index (κ1) is 15.6. The first-order valence-corrected chi connectivity index (χ1v) is 10.3. The molecule has 24 heavy (non-hydrogen) atoms. The van der Waals surface area contributed by atoms with Crippen LogP contribution in [-0.4, -0.2) is 47.0 Å². The molecule has 2 aromatic heterocycles. The molecule has 1 saturated heterocycles. The molecule has 1 aliphatic heterocycles. The van der Waals surface area contributed by atoms with Crippen LogP contribution in [0.5, 0.6) is 5.75 Å². The second kappa shape index (κ2) is 6.91. The van der Waals surface area contributed by atoms with E-state index in [9.17, 15) is 5.11 Å². The number of benzene rings is 1. The number of ether oxygens (including phenoxy) is 1. The molecular weight excluding hydrogens is 367 g/mol. The Bertz CT molecular complexity index is 845. The van der Waals surface area contributed by atoms with Gasteiger partial charge in [0.1, 0.15) is 0 Å². The first-order chi connectivity index (χ1) is 11.8. The summed E-state index contributed by atoms with van der Waals surface area (Å²) in [6.45, 7) is 0.797. The zero-order chi connectivity index (χ0) is 16.4. The van der Waals surface area contributed by atoms with Crippen LogP contribution in [0.2, 0.25) is 0 Å². The number of aromatic hydroxyl groups is 1. The van der Waals surface area contributed by atoms with Crippen molar-refractivity contribution >= 4 is 31.4 Å². The SMILES string of the molecule is Oc1cccc(C[As]c2ncnc3c2ncn3C2CCCCO2)c1. The van der Waals surface area contributed by atoms with Gasteiger partial charge in [0, 0.05) is 0 Å². The Balaban J connectivity index is 1.58. The van der Waals surface area contributed by atoms with E-state index in [1.54, 1.807) is 12.4 Å². The molecule has 123 valence electrons. The third kappa shape index (κ3) is 3.17. The molecule has 3 heterocycles. The van der Waals surface area contributed by atoms with Gasteiger partial charge in [-0.05, 0) is 0 Å². The summed E-state index contributed by atoms with van der Waals surface area (Å²) < 4.78 is 8.91. The van der Waals surface area contributed by atoms with Gasteiger partial charge in [-0.3, -0.25) is 0 Å². The summed E-state index contributed by atoms with van der Waals surface area (Å²) in [6, 6.07) is 7.40. The number of imidazole rings is 1. The number of phenols is 1. The molecule has 1 aliphatic rings. The van der Waals surface area contributed by atoms with Gasteiger partial charge in [0.25, 0.3) is 0 Å². The number of aromatic nitrogens is 4. The average molecular weight is 385 g/mol. The molecule has 1 N–H and O–H groups in total. The summed E-state index contributed by atoms with van der Waals surface area (Å²) in [5, 5.41) is 10.5. The number of hydrogen-bond acceptors (Lipinski definition) is 5. The van der Waals surface area contributed by atoms with Crippen molar-refractivity contribution in [1.82, 2.24) is 19.5 Å². The van der Waals surface area contributed by atoms with E-state index < -0.39 is 0 Å². The molecule has 1 fully saturated rings. The summed E-state index contributed by atoms with van der Waals surface area (Å²) in [7, 11) is 0. The summed E-state index contributed by atoms with van der Waals surface area (Å²) in [6.07, 6.45) is 6.78. The second-order valence-electron chi connectivity index (χ2n) is 5.83. The molecule has 0 spiro atoms. The van der Waals surface area contributed by atoms with Gasteiger partial charge in [0.15, 0.2) is 0 Å². The van der Waals surface area contributed by atoms with Crippen LogP contribution in [0.1, 0.15) is 31.1 Å². The Morgan fingerprint density at radius 3 is 3.04 bits per heavy atom. The van der Waals surface area contributed by atoms with Crippen molar-refractivity contribution in [2.45, 2.75) is 30.7 Å². The molecule has 0 amide bonds. The van der Waals surface area contributed by atoms with Crippen LogP contribution in [0.3, 0.4) is 0 Å². The van der Waals surface area contributed by atoms with Gasteiger partial charge in [0.05, 0.1) is 0 Å². The van der Waals surface area contributed by atoms with Gasteiger partial charge in [0.2, 0.25) is 0 Å². The third-order valence-corrected chi connectivity index (χ3v) is 6.54. The van der Waals surface area contributed by atoms with Crippen molar-refractivity contribution in [3.63, 3.8) is 0 Å². The standard InChI is InChI=1S/C17H18AsN4O2/c23-13-5-3-4-12(8-13)9-18-16-15-17(20-10-19-16)22(11-21-15)14-6-1-2-7-24-14/h3-5,8,10-11,14,23H,1-2,6-7,9H2. The van der Waals surface area contributed by atoms with E-state index in [0.29, 0.717) is 5.75 Å². The zero-order valence-electron chi connectivity index (χ0n) is 13.2. The molecule has 0 aliphatic carbocycles. The van der Waals surface area contributed by atoms with Gasteiger partial charge in [-0.25, -0.2) is 0 Å². The Morgan fingerprint density at radius 2 is 2.21 bits per heavy atom. The fourth-order valence-electron chi connectivity index (χ4n) is 2.93. The summed E-state index contributed by atoms with van der Waals surface area (Å²) >= 11 is -0.188. The van der Waals surface area contributed by atoms with E-state index in [0.717, 1.165) is 45.9 Å². The molecule has 3 aromatic rings. The first-order valence-electron chi connectivity index (χ1n) is 8.06. The minimum atomic E-state index is -0.188. The van der Waals surface area contributed by atoms with Crippen LogP contribution in [0.15, 0.2) is 36.9 Å². The number of hydrogen-bond donors (Lipinski definition) is 1. The summed E-state index contributed by atoms with van der Waals surface area (Å²) in [5.41, 5.74) is 2.86. The Kier molecular flexibility index (Phi) is 4.49. The van der Waals surface area contributed by atoms with Crippen LogP contribution in [0.4, 0.5) is 0 Å². The second-order valence-corrected chi connectivity index (χ2v) is 8.04. The van der Waals surface area contributed by atoms with Crippen LogP contribution >= 0.6 is 0 Å². The van der Waals surface area contributed by atoms with Crippen LogP contribution in [0, 0.1) is 0 Å². The van der Waals surface area contributed by atoms with Gasteiger partial charge < -0.3 is 0 Å². The van der Waals surface area contributed by atoms with E-state index in [-0.39, 0.29) is 22.0 Å². The average Bonchev–Trinajstić information content (AvgIpc) is 3.05. The maximum atomic E-state index is 9.58. The number of fused-ring (bicyclic) bond motifs is 1. The van der Waals surface area contributed by atoms with E-state index in [2.05, 4.69) is 15.0 Å². The maximum absolute atomic E-state index is 9.58. The van der Waals surface area contributed by atoms with E-state index >= 15 is 0 Å². The molecule has 0 bridgehead atoms. The van der Waals surface area contributed by atoms with E-state index in [4.69, 9.17) is 4.74 Å². The van der Waals surface area contributed by atoms with Gasteiger partial charge in [-0.2, -0.15) is 0 Å². The minimum absolute atomic E-state index is 0.0359. The molecule has 1 aromatic carbocycles. The fourth-order valence-corrected chi connectivity index (χ4v) is 4.96. The van der Waals surface area contributed by atoms with Gasteiger partial charge in [-0.1, -0.05) is 0 Å². The number of phenolic OH excluding ortho intramolecular Hbond substituents is 1.